The number of para-hydroxylation sites is 1. The lowest BCUT2D eigenvalue weighted by molar-refractivity contribution is -0.192. The largest absolute Gasteiger partial charge is 0.490 e. The maximum Gasteiger partial charge on any atom is 0.490 e. The first-order valence-electron chi connectivity index (χ1n) is 10.8. The van der Waals surface area contributed by atoms with Gasteiger partial charge in [0.25, 0.3) is 5.91 Å². The standard InChI is InChI=1S/C22H20FN3O2.C2HF3O2/c23-16-4-6-17(7-5-16)24-10-12-25(13-11-24)22(28)19-14-26-9-8-15-2-1-3-18(20(15)26)21(19)27;3-2(4,5)1(6)7/h1-7,14H,8-13H2;(H,6,7). The Balaban J connectivity index is 0.000000364. The Morgan fingerprint density at radius 1 is 0.914 bits per heavy atom. The number of rotatable bonds is 2. The summed E-state index contributed by atoms with van der Waals surface area (Å²) in [7, 11) is 0. The minimum Gasteiger partial charge on any atom is -0.475 e. The quantitative estimate of drug-likeness (QED) is 0.557. The van der Waals surface area contributed by atoms with E-state index in [0.717, 1.165) is 24.2 Å². The fourth-order valence-electron chi connectivity index (χ4n) is 4.30. The van der Waals surface area contributed by atoms with Crippen molar-refractivity contribution in [3.8, 4) is 0 Å². The number of amides is 1. The van der Waals surface area contributed by atoms with Gasteiger partial charge in [0.05, 0.1) is 5.52 Å². The Morgan fingerprint density at radius 3 is 2.14 bits per heavy atom. The second-order valence-corrected chi connectivity index (χ2v) is 8.19. The van der Waals surface area contributed by atoms with E-state index in [4.69, 9.17) is 9.90 Å². The molecule has 1 fully saturated rings. The highest BCUT2D eigenvalue weighted by Gasteiger charge is 2.38. The maximum atomic E-state index is 13.1. The highest BCUT2D eigenvalue weighted by Crippen LogP contribution is 2.24. The number of anilines is 1. The summed E-state index contributed by atoms with van der Waals surface area (Å²) in [5.74, 6) is -3.22. The Labute approximate surface area is 196 Å². The molecular weight excluding hydrogens is 470 g/mol. The van der Waals surface area contributed by atoms with Crippen molar-refractivity contribution in [2.45, 2.75) is 19.1 Å². The summed E-state index contributed by atoms with van der Waals surface area (Å²) in [6, 6.07) is 12.1. The van der Waals surface area contributed by atoms with Crippen LogP contribution in [-0.4, -0.2) is 58.8 Å². The van der Waals surface area contributed by atoms with Gasteiger partial charge in [-0.2, -0.15) is 13.2 Å². The summed E-state index contributed by atoms with van der Waals surface area (Å²) in [4.78, 5) is 38.8. The molecule has 7 nitrogen and oxygen atoms in total. The van der Waals surface area contributed by atoms with Gasteiger partial charge in [-0.25, -0.2) is 9.18 Å². The smallest absolute Gasteiger partial charge is 0.475 e. The predicted molar refractivity (Wildman–Crippen MR) is 120 cm³/mol. The first-order valence-corrected chi connectivity index (χ1v) is 10.8. The van der Waals surface area contributed by atoms with Gasteiger partial charge in [-0.05, 0) is 42.3 Å². The van der Waals surface area contributed by atoms with Crippen LogP contribution in [0.1, 0.15) is 15.9 Å². The van der Waals surface area contributed by atoms with E-state index < -0.39 is 12.1 Å². The predicted octanol–water partition coefficient (Wildman–Crippen LogP) is 3.29. The van der Waals surface area contributed by atoms with E-state index >= 15 is 0 Å². The number of carbonyl (C=O) groups is 2. The van der Waals surface area contributed by atoms with Crippen LogP contribution < -0.4 is 10.3 Å². The Kier molecular flexibility index (Phi) is 6.51. The third kappa shape index (κ3) is 4.98. The number of alkyl halides is 3. The summed E-state index contributed by atoms with van der Waals surface area (Å²) in [5.41, 5.74) is 3.15. The molecule has 0 atom stereocenters. The van der Waals surface area contributed by atoms with E-state index in [2.05, 4.69) is 4.90 Å². The van der Waals surface area contributed by atoms with Crippen molar-refractivity contribution in [3.63, 3.8) is 0 Å². The van der Waals surface area contributed by atoms with Crippen molar-refractivity contribution in [2.24, 2.45) is 0 Å². The molecule has 1 N–H and O–H groups in total. The van der Waals surface area contributed by atoms with E-state index in [0.29, 0.717) is 31.6 Å². The molecule has 0 bridgehead atoms. The zero-order chi connectivity index (χ0) is 25.3. The molecule has 0 unspecified atom stereocenters. The van der Waals surface area contributed by atoms with E-state index in [-0.39, 0.29) is 22.7 Å². The molecule has 0 saturated carbocycles. The van der Waals surface area contributed by atoms with Crippen LogP contribution >= 0.6 is 0 Å². The number of aliphatic carboxylic acids is 1. The lowest BCUT2D eigenvalue weighted by Gasteiger charge is -2.36. The zero-order valence-corrected chi connectivity index (χ0v) is 18.4. The van der Waals surface area contributed by atoms with Crippen LogP contribution in [0.4, 0.5) is 23.2 Å². The normalized spacial score (nSPS) is 15.1. The van der Waals surface area contributed by atoms with E-state index in [1.165, 1.54) is 17.7 Å². The van der Waals surface area contributed by atoms with Crippen LogP contribution in [0.15, 0.2) is 53.5 Å². The molecule has 1 amide bonds. The lowest BCUT2D eigenvalue weighted by atomic mass is 10.1. The molecule has 2 aliphatic heterocycles. The van der Waals surface area contributed by atoms with Gasteiger partial charge in [-0.1, -0.05) is 12.1 Å². The van der Waals surface area contributed by atoms with Crippen molar-refractivity contribution < 1.29 is 32.3 Å². The number of nitrogens with zero attached hydrogens (tertiary/aromatic N) is 3. The van der Waals surface area contributed by atoms with Gasteiger partial charge >= 0.3 is 12.1 Å². The molecule has 1 aromatic heterocycles. The van der Waals surface area contributed by atoms with Crippen LogP contribution in [0.2, 0.25) is 0 Å². The molecule has 3 aromatic rings. The van der Waals surface area contributed by atoms with Gasteiger partial charge in [0.15, 0.2) is 0 Å². The van der Waals surface area contributed by atoms with E-state index in [1.54, 1.807) is 23.2 Å². The number of carbonyl (C=O) groups excluding carboxylic acids is 1. The molecule has 0 spiro atoms. The number of aryl methyl sites for hydroxylation is 2. The average Bonchev–Trinajstić information content (AvgIpc) is 3.25. The fraction of sp³-hybridized carbons (Fsp3) is 0.292. The van der Waals surface area contributed by atoms with Crippen LogP contribution in [0, 0.1) is 5.82 Å². The second-order valence-electron chi connectivity index (χ2n) is 8.19. The number of carboxylic acid groups (broad SMARTS) is 1. The summed E-state index contributed by atoms with van der Waals surface area (Å²) in [5, 5.41) is 7.76. The molecule has 184 valence electrons. The van der Waals surface area contributed by atoms with Crippen molar-refractivity contribution in [1.29, 1.82) is 0 Å². The topological polar surface area (TPSA) is 82.8 Å². The lowest BCUT2D eigenvalue weighted by Crippen LogP contribution is -2.49. The summed E-state index contributed by atoms with van der Waals surface area (Å²) in [6.45, 7) is 3.18. The van der Waals surface area contributed by atoms with Crippen LogP contribution in [0.5, 0.6) is 0 Å². The van der Waals surface area contributed by atoms with Crippen LogP contribution in [0.3, 0.4) is 0 Å². The average molecular weight is 491 g/mol. The van der Waals surface area contributed by atoms with Crippen LogP contribution in [-0.2, 0) is 17.8 Å². The number of hydrogen-bond donors (Lipinski definition) is 1. The first-order chi connectivity index (χ1) is 16.6. The molecular formula is C24H21F4N3O4. The molecule has 2 aromatic carbocycles. The molecule has 3 heterocycles. The highest BCUT2D eigenvalue weighted by molar-refractivity contribution is 5.98. The molecule has 0 radical (unpaired) electrons. The van der Waals surface area contributed by atoms with Gasteiger partial charge in [-0.3, -0.25) is 9.59 Å². The van der Waals surface area contributed by atoms with Crippen LogP contribution in [0.25, 0.3) is 10.9 Å². The number of benzene rings is 2. The Hall–Kier alpha value is -3.89. The third-order valence-electron chi connectivity index (χ3n) is 6.03. The number of carboxylic acids is 1. The Bertz CT molecular complexity index is 1330. The number of piperazine rings is 1. The van der Waals surface area contributed by atoms with Crippen molar-refractivity contribution in [1.82, 2.24) is 9.47 Å². The van der Waals surface area contributed by atoms with Gasteiger partial charge < -0.3 is 19.5 Å². The third-order valence-corrected chi connectivity index (χ3v) is 6.03. The zero-order valence-electron chi connectivity index (χ0n) is 18.4. The Morgan fingerprint density at radius 2 is 1.54 bits per heavy atom. The van der Waals surface area contributed by atoms with Gasteiger partial charge in [-0.15, -0.1) is 0 Å². The second kappa shape index (κ2) is 9.40. The van der Waals surface area contributed by atoms with Gasteiger partial charge in [0.1, 0.15) is 11.4 Å². The van der Waals surface area contributed by atoms with Crippen molar-refractivity contribution in [2.75, 3.05) is 31.1 Å². The fourth-order valence-corrected chi connectivity index (χ4v) is 4.30. The monoisotopic (exact) mass is 491 g/mol. The molecule has 11 heteroatoms. The van der Waals surface area contributed by atoms with E-state index in [9.17, 15) is 27.2 Å². The van der Waals surface area contributed by atoms with Gasteiger partial charge in [0.2, 0.25) is 5.43 Å². The number of pyridine rings is 1. The summed E-state index contributed by atoms with van der Waals surface area (Å²) < 4.78 is 46.9. The van der Waals surface area contributed by atoms with Crippen molar-refractivity contribution in [3.05, 3.63) is 75.8 Å². The van der Waals surface area contributed by atoms with Gasteiger partial charge in [0, 0.05) is 50.0 Å². The highest BCUT2D eigenvalue weighted by atomic mass is 19.4. The maximum absolute atomic E-state index is 13.1. The minimum atomic E-state index is -5.08. The number of halogens is 4. The molecule has 5 rings (SSSR count). The molecule has 35 heavy (non-hydrogen) atoms. The minimum absolute atomic E-state index is 0.180. The molecule has 0 aliphatic carbocycles. The molecule has 1 saturated heterocycles. The SMILES string of the molecule is O=C(O)C(F)(F)F.O=C(c1cn2c3c(cccc3c1=O)CC2)N1CCN(c2ccc(F)cc2)CC1. The van der Waals surface area contributed by atoms with E-state index in [1.807, 2.05) is 22.8 Å². The summed E-state index contributed by atoms with van der Waals surface area (Å²) in [6.07, 6.45) is -2.46. The molecule has 2 aliphatic rings. The first kappa shape index (κ1) is 24.2. The number of hydrogen-bond acceptors (Lipinski definition) is 4. The number of aromatic nitrogens is 1. The van der Waals surface area contributed by atoms with Crippen molar-refractivity contribution >= 4 is 28.5 Å². The summed E-state index contributed by atoms with van der Waals surface area (Å²) >= 11 is 0.